The smallest absolute Gasteiger partial charge is 0.150 e. The van der Waals surface area contributed by atoms with Crippen molar-refractivity contribution in [2.75, 3.05) is 7.11 Å². The normalized spacial score (nSPS) is 12.2. The van der Waals surface area contributed by atoms with E-state index in [9.17, 15) is 9.90 Å². The fourth-order valence-electron chi connectivity index (χ4n) is 1.04. The molecule has 0 saturated carbocycles. The standard InChI is InChI=1S/C9H10ClNO3/c1-14-7-3-2-5(4-6(7)10)8(11)9(12)13/h2-4,8H,11H2,1H3,(H,12,13)/t8-/m0/s1. The molecule has 3 N–H and O–H groups in total. The number of carboxylic acid groups (broad SMARTS) is 1. The van der Waals surface area contributed by atoms with Crippen molar-refractivity contribution in [2.45, 2.75) is 6.04 Å². The number of hydrogen-bond donors (Lipinski definition) is 1. The van der Waals surface area contributed by atoms with Crippen LogP contribution in [0.1, 0.15) is 11.6 Å². The van der Waals surface area contributed by atoms with E-state index >= 15 is 0 Å². The maximum atomic E-state index is 10.5. The molecule has 0 aliphatic heterocycles. The van der Waals surface area contributed by atoms with Gasteiger partial charge in [-0.2, -0.15) is 0 Å². The Kier molecular flexibility index (Phi) is 3.33. The quantitative estimate of drug-likeness (QED) is 0.730. The summed E-state index contributed by atoms with van der Waals surface area (Å²) in [6, 6.07) is 3.78. The zero-order valence-corrected chi connectivity index (χ0v) is 8.38. The minimum atomic E-state index is -1.23. The monoisotopic (exact) mass is 215 g/mol. The van der Waals surface area contributed by atoms with Crippen LogP contribution in [-0.4, -0.2) is 13.1 Å². The molecule has 14 heavy (non-hydrogen) atoms. The molecule has 0 saturated heterocycles. The maximum absolute atomic E-state index is 10.5. The van der Waals surface area contributed by atoms with Gasteiger partial charge >= 0.3 is 0 Å². The second-order valence-corrected chi connectivity index (χ2v) is 3.17. The van der Waals surface area contributed by atoms with E-state index in [1.807, 2.05) is 0 Å². The van der Waals surface area contributed by atoms with Crippen LogP contribution in [0.2, 0.25) is 5.02 Å². The molecule has 0 spiro atoms. The maximum Gasteiger partial charge on any atom is 0.150 e. The van der Waals surface area contributed by atoms with Crippen molar-refractivity contribution in [1.29, 1.82) is 0 Å². The molecule has 5 heteroatoms. The van der Waals surface area contributed by atoms with E-state index in [0.29, 0.717) is 16.3 Å². The lowest BCUT2D eigenvalue weighted by Crippen LogP contribution is -2.61. The molecule has 0 heterocycles. The van der Waals surface area contributed by atoms with Gasteiger partial charge in [0.2, 0.25) is 0 Å². The van der Waals surface area contributed by atoms with Gasteiger partial charge in [-0.3, -0.25) is 0 Å². The fraction of sp³-hybridized carbons (Fsp3) is 0.222. The summed E-state index contributed by atoms with van der Waals surface area (Å²) in [6.45, 7) is 0. The van der Waals surface area contributed by atoms with E-state index in [1.54, 1.807) is 12.1 Å². The third-order valence-electron chi connectivity index (χ3n) is 1.86. The van der Waals surface area contributed by atoms with Crippen molar-refractivity contribution in [3.8, 4) is 5.75 Å². The zero-order valence-electron chi connectivity index (χ0n) is 7.62. The van der Waals surface area contributed by atoms with Crippen LogP contribution in [0.4, 0.5) is 0 Å². The molecule has 1 aromatic carbocycles. The number of rotatable bonds is 3. The highest BCUT2D eigenvalue weighted by Crippen LogP contribution is 2.26. The molecule has 76 valence electrons. The molecule has 0 aliphatic carbocycles. The average Bonchev–Trinajstić information content (AvgIpc) is 2.16. The highest BCUT2D eigenvalue weighted by molar-refractivity contribution is 6.32. The molecule has 1 rings (SSSR count). The second-order valence-electron chi connectivity index (χ2n) is 2.77. The number of aliphatic carboxylic acids is 1. The van der Waals surface area contributed by atoms with Gasteiger partial charge in [-0.15, -0.1) is 0 Å². The molecule has 0 fully saturated rings. The van der Waals surface area contributed by atoms with Crippen LogP contribution in [0, 0.1) is 0 Å². The molecular formula is C9H10ClNO3. The SMILES string of the molecule is COc1ccc([C@H]([NH3+])C(=O)[O-])cc1Cl. The number of carbonyl (C=O) groups is 1. The molecule has 0 amide bonds. The summed E-state index contributed by atoms with van der Waals surface area (Å²) in [5.41, 5.74) is 3.94. The molecule has 0 aromatic heterocycles. The first-order valence-electron chi connectivity index (χ1n) is 3.93. The average molecular weight is 216 g/mol. The predicted octanol–water partition coefficient (Wildman–Crippen LogP) is -0.618. The molecular weight excluding hydrogens is 206 g/mol. The lowest BCUT2D eigenvalue weighted by atomic mass is 10.1. The van der Waals surface area contributed by atoms with E-state index in [0.717, 1.165) is 0 Å². The minimum Gasteiger partial charge on any atom is -0.544 e. The van der Waals surface area contributed by atoms with Crippen LogP contribution in [0.5, 0.6) is 5.75 Å². The molecule has 4 nitrogen and oxygen atoms in total. The molecule has 1 aromatic rings. The Morgan fingerprint density at radius 2 is 2.29 bits per heavy atom. The van der Waals surface area contributed by atoms with Crippen LogP contribution in [0.3, 0.4) is 0 Å². The summed E-state index contributed by atoms with van der Waals surface area (Å²) in [7, 11) is 1.49. The van der Waals surface area contributed by atoms with Gasteiger partial charge in [0.15, 0.2) is 6.04 Å². The first-order chi connectivity index (χ1) is 6.56. The Labute approximate surface area is 86.2 Å². The Morgan fingerprint density at radius 1 is 1.64 bits per heavy atom. The Hall–Kier alpha value is -1.26. The summed E-state index contributed by atoms with van der Waals surface area (Å²) in [5, 5.41) is 10.9. The first-order valence-corrected chi connectivity index (χ1v) is 4.31. The Balaban J connectivity index is 3.02. The van der Waals surface area contributed by atoms with Crippen LogP contribution in [-0.2, 0) is 4.79 Å². The molecule has 0 bridgehead atoms. The predicted molar refractivity (Wildman–Crippen MR) is 48.6 cm³/mol. The summed E-state index contributed by atoms with van der Waals surface area (Å²) in [5.74, 6) is -0.729. The van der Waals surface area contributed by atoms with Gasteiger partial charge in [0.25, 0.3) is 0 Å². The van der Waals surface area contributed by atoms with Gasteiger partial charge in [-0.05, 0) is 18.2 Å². The van der Waals surface area contributed by atoms with E-state index in [2.05, 4.69) is 5.73 Å². The van der Waals surface area contributed by atoms with E-state index in [1.165, 1.54) is 13.2 Å². The van der Waals surface area contributed by atoms with Gasteiger partial charge in [0.05, 0.1) is 12.1 Å². The van der Waals surface area contributed by atoms with E-state index in [-0.39, 0.29) is 0 Å². The number of carbonyl (C=O) groups excluding carboxylic acids is 1. The number of carboxylic acids is 1. The number of benzene rings is 1. The number of quaternary nitrogens is 1. The van der Waals surface area contributed by atoms with Crippen molar-refractivity contribution in [3.63, 3.8) is 0 Å². The van der Waals surface area contributed by atoms with Crippen LogP contribution in [0.15, 0.2) is 18.2 Å². The third-order valence-corrected chi connectivity index (χ3v) is 2.16. The first kappa shape index (κ1) is 10.8. The third kappa shape index (κ3) is 2.16. The van der Waals surface area contributed by atoms with Crippen LogP contribution in [0.25, 0.3) is 0 Å². The topological polar surface area (TPSA) is 77.0 Å². The van der Waals surface area contributed by atoms with Crippen molar-refractivity contribution in [2.24, 2.45) is 0 Å². The van der Waals surface area contributed by atoms with E-state index < -0.39 is 12.0 Å². The van der Waals surface area contributed by atoms with Gasteiger partial charge in [-0.1, -0.05) is 11.6 Å². The lowest BCUT2D eigenvalue weighted by Gasteiger charge is -2.11. The van der Waals surface area contributed by atoms with Crippen LogP contribution < -0.4 is 15.6 Å². The highest BCUT2D eigenvalue weighted by atomic mass is 35.5. The summed E-state index contributed by atoms with van der Waals surface area (Å²) in [4.78, 5) is 10.5. The largest absolute Gasteiger partial charge is 0.544 e. The highest BCUT2D eigenvalue weighted by Gasteiger charge is 2.12. The number of hydrogen-bond acceptors (Lipinski definition) is 3. The van der Waals surface area contributed by atoms with Gasteiger partial charge in [0, 0.05) is 5.56 Å². The van der Waals surface area contributed by atoms with Gasteiger partial charge in [0.1, 0.15) is 11.7 Å². The second kappa shape index (κ2) is 4.30. The van der Waals surface area contributed by atoms with Crippen molar-refractivity contribution >= 4 is 17.6 Å². The number of ether oxygens (including phenoxy) is 1. The summed E-state index contributed by atoms with van der Waals surface area (Å²) in [6.07, 6.45) is 0. The fourth-order valence-corrected chi connectivity index (χ4v) is 1.30. The number of halogens is 1. The molecule has 0 unspecified atom stereocenters. The zero-order chi connectivity index (χ0) is 10.7. The Bertz CT molecular complexity index is 354. The van der Waals surface area contributed by atoms with Crippen molar-refractivity contribution < 1.29 is 20.4 Å². The minimum absolute atomic E-state index is 0.361. The summed E-state index contributed by atoms with van der Waals surface area (Å²) < 4.78 is 4.92. The van der Waals surface area contributed by atoms with Crippen molar-refractivity contribution in [3.05, 3.63) is 28.8 Å². The van der Waals surface area contributed by atoms with Crippen LogP contribution >= 0.6 is 11.6 Å². The van der Waals surface area contributed by atoms with Gasteiger partial charge in [-0.25, -0.2) is 0 Å². The Morgan fingerprint density at radius 3 is 2.71 bits per heavy atom. The lowest BCUT2D eigenvalue weighted by molar-refractivity contribution is -0.443. The van der Waals surface area contributed by atoms with Gasteiger partial charge < -0.3 is 20.4 Å². The summed E-state index contributed by atoms with van der Waals surface area (Å²) >= 11 is 5.81. The van der Waals surface area contributed by atoms with E-state index in [4.69, 9.17) is 16.3 Å². The molecule has 0 aliphatic rings. The number of methoxy groups -OCH3 is 1. The van der Waals surface area contributed by atoms with Crippen molar-refractivity contribution in [1.82, 2.24) is 0 Å². The molecule has 0 radical (unpaired) electrons. The molecule has 1 atom stereocenters.